The monoisotopic (exact) mass is 334 g/mol. The second-order valence-electron chi connectivity index (χ2n) is 6.32. The zero-order chi connectivity index (χ0) is 16.4. The van der Waals surface area contributed by atoms with Gasteiger partial charge in [0, 0.05) is 17.8 Å². The van der Waals surface area contributed by atoms with E-state index in [9.17, 15) is 9.18 Å². The third kappa shape index (κ3) is 3.40. The summed E-state index contributed by atoms with van der Waals surface area (Å²) in [4.78, 5) is 15.6. The molecule has 0 unspecified atom stereocenters. The number of piperidine rings is 1. The summed E-state index contributed by atoms with van der Waals surface area (Å²) in [7, 11) is 1.98. The van der Waals surface area contributed by atoms with E-state index in [-0.39, 0.29) is 11.7 Å². The smallest absolute Gasteiger partial charge is 0.264 e. The molecule has 2 heterocycles. The Morgan fingerprint density at radius 3 is 2.83 bits per heavy atom. The van der Waals surface area contributed by atoms with Crippen molar-refractivity contribution in [2.45, 2.75) is 26.2 Å². The van der Waals surface area contributed by atoms with Crippen molar-refractivity contribution < 1.29 is 9.18 Å². The lowest BCUT2D eigenvalue weighted by Gasteiger charge is -2.32. The Labute approximate surface area is 140 Å². The summed E-state index contributed by atoms with van der Waals surface area (Å²) in [6.45, 7) is 4.62. The highest BCUT2D eigenvalue weighted by Crippen LogP contribution is 2.33. The number of hydrogen-bond donors (Lipinski definition) is 1. The van der Waals surface area contributed by atoms with Crippen LogP contribution in [0.15, 0.2) is 18.2 Å². The first-order valence-corrected chi connectivity index (χ1v) is 9.04. The molecule has 1 amide bonds. The molecule has 0 spiro atoms. The number of nitrogens with one attached hydrogen (secondary N) is 1. The number of thiophene rings is 1. The van der Waals surface area contributed by atoms with E-state index in [1.54, 1.807) is 6.07 Å². The SMILES string of the molecule is CNCCC1CCN(C(=O)c2sc3ccc(F)cc3c2C)CC1. The fraction of sp³-hybridized carbons (Fsp3) is 0.500. The fourth-order valence-corrected chi connectivity index (χ4v) is 4.47. The standard InChI is InChI=1S/C18H23FN2OS/c1-12-15-11-14(19)3-4-16(15)23-17(12)18(22)21-9-6-13(7-10-21)5-8-20-2/h3-4,11,13,20H,5-10H2,1-2H3. The predicted molar refractivity (Wildman–Crippen MR) is 93.7 cm³/mol. The molecular formula is C18H23FN2OS. The van der Waals surface area contributed by atoms with Crippen molar-refractivity contribution in [3.63, 3.8) is 0 Å². The molecule has 5 heteroatoms. The first kappa shape index (κ1) is 16.4. The van der Waals surface area contributed by atoms with Crippen molar-refractivity contribution in [1.82, 2.24) is 10.2 Å². The summed E-state index contributed by atoms with van der Waals surface area (Å²) >= 11 is 1.48. The first-order chi connectivity index (χ1) is 11.1. The quantitative estimate of drug-likeness (QED) is 0.922. The van der Waals surface area contributed by atoms with Gasteiger partial charge in [-0.15, -0.1) is 11.3 Å². The van der Waals surface area contributed by atoms with Crippen LogP contribution in [0, 0.1) is 18.7 Å². The number of likely N-dealkylation sites (tertiary alicyclic amines) is 1. The number of carbonyl (C=O) groups is 1. The molecule has 23 heavy (non-hydrogen) atoms. The fourth-order valence-electron chi connectivity index (χ4n) is 3.31. The van der Waals surface area contributed by atoms with Gasteiger partial charge >= 0.3 is 0 Å². The zero-order valence-corrected chi connectivity index (χ0v) is 14.5. The van der Waals surface area contributed by atoms with Crippen LogP contribution >= 0.6 is 11.3 Å². The van der Waals surface area contributed by atoms with Gasteiger partial charge in [0.15, 0.2) is 0 Å². The summed E-state index contributed by atoms with van der Waals surface area (Å²) in [6.07, 6.45) is 3.33. The lowest BCUT2D eigenvalue weighted by atomic mass is 9.93. The van der Waals surface area contributed by atoms with Gasteiger partial charge in [-0.3, -0.25) is 4.79 Å². The van der Waals surface area contributed by atoms with E-state index in [0.29, 0.717) is 5.92 Å². The van der Waals surface area contributed by atoms with E-state index < -0.39 is 0 Å². The maximum Gasteiger partial charge on any atom is 0.264 e. The lowest BCUT2D eigenvalue weighted by Crippen LogP contribution is -2.38. The van der Waals surface area contributed by atoms with Crippen molar-refractivity contribution in [2.75, 3.05) is 26.7 Å². The second kappa shape index (κ2) is 6.97. The normalized spacial score (nSPS) is 16.2. The highest BCUT2D eigenvalue weighted by atomic mass is 32.1. The minimum Gasteiger partial charge on any atom is -0.338 e. The average Bonchev–Trinajstić information content (AvgIpc) is 2.89. The molecule has 1 aromatic heterocycles. The van der Waals surface area contributed by atoms with E-state index in [1.165, 1.54) is 29.9 Å². The van der Waals surface area contributed by atoms with Crippen molar-refractivity contribution >= 4 is 27.3 Å². The Bertz CT molecular complexity index is 704. The van der Waals surface area contributed by atoms with Crippen molar-refractivity contribution in [2.24, 2.45) is 5.92 Å². The van der Waals surface area contributed by atoms with Gasteiger partial charge in [-0.1, -0.05) is 0 Å². The van der Waals surface area contributed by atoms with Crippen LogP contribution in [0.1, 0.15) is 34.5 Å². The second-order valence-corrected chi connectivity index (χ2v) is 7.38. The van der Waals surface area contributed by atoms with Gasteiger partial charge in [0.1, 0.15) is 5.82 Å². The van der Waals surface area contributed by atoms with Crippen LogP contribution in [-0.2, 0) is 0 Å². The number of hydrogen-bond acceptors (Lipinski definition) is 3. The Kier molecular flexibility index (Phi) is 4.97. The summed E-state index contributed by atoms with van der Waals surface area (Å²) in [5.74, 6) is 0.572. The number of aryl methyl sites for hydroxylation is 1. The molecule has 2 aromatic rings. The van der Waals surface area contributed by atoms with Crippen LogP contribution in [0.4, 0.5) is 4.39 Å². The maximum absolute atomic E-state index is 13.4. The molecule has 1 aliphatic heterocycles. The Morgan fingerprint density at radius 2 is 2.13 bits per heavy atom. The van der Waals surface area contributed by atoms with Gasteiger partial charge < -0.3 is 10.2 Å². The van der Waals surface area contributed by atoms with Gasteiger partial charge in [-0.05, 0) is 74.8 Å². The molecule has 0 bridgehead atoms. The molecule has 1 N–H and O–H groups in total. The van der Waals surface area contributed by atoms with Gasteiger partial charge in [0.2, 0.25) is 0 Å². The third-order valence-corrected chi connectivity index (χ3v) is 6.06. The minimum atomic E-state index is -0.247. The highest BCUT2D eigenvalue weighted by molar-refractivity contribution is 7.21. The van der Waals surface area contributed by atoms with Crippen molar-refractivity contribution in [3.05, 3.63) is 34.5 Å². The van der Waals surface area contributed by atoms with Gasteiger partial charge in [-0.25, -0.2) is 4.39 Å². The van der Waals surface area contributed by atoms with E-state index in [1.807, 2.05) is 18.9 Å². The van der Waals surface area contributed by atoms with E-state index in [0.717, 1.165) is 53.0 Å². The third-order valence-electron chi connectivity index (χ3n) is 4.80. The number of benzene rings is 1. The molecular weight excluding hydrogens is 311 g/mol. The Morgan fingerprint density at radius 1 is 1.39 bits per heavy atom. The zero-order valence-electron chi connectivity index (χ0n) is 13.7. The van der Waals surface area contributed by atoms with Gasteiger partial charge in [-0.2, -0.15) is 0 Å². The maximum atomic E-state index is 13.4. The molecule has 1 aliphatic rings. The summed E-state index contributed by atoms with van der Waals surface area (Å²) in [5, 5.41) is 4.06. The molecule has 0 aliphatic carbocycles. The summed E-state index contributed by atoms with van der Waals surface area (Å²) < 4.78 is 14.4. The molecule has 0 radical (unpaired) electrons. The largest absolute Gasteiger partial charge is 0.338 e. The molecule has 1 fully saturated rings. The van der Waals surface area contributed by atoms with Gasteiger partial charge in [0.05, 0.1) is 4.88 Å². The molecule has 3 rings (SSSR count). The van der Waals surface area contributed by atoms with Crippen LogP contribution in [0.2, 0.25) is 0 Å². The number of halogens is 1. The molecule has 0 atom stereocenters. The highest BCUT2D eigenvalue weighted by Gasteiger charge is 2.26. The topological polar surface area (TPSA) is 32.3 Å². The van der Waals surface area contributed by atoms with Crippen LogP contribution in [0.25, 0.3) is 10.1 Å². The van der Waals surface area contributed by atoms with Crippen LogP contribution in [-0.4, -0.2) is 37.5 Å². The lowest BCUT2D eigenvalue weighted by molar-refractivity contribution is 0.0691. The molecule has 3 nitrogen and oxygen atoms in total. The van der Waals surface area contributed by atoms with Crippen LogP contribution < -0.4 is 5.32 Å². The molecule has 124 valence electrons. The van der Waals surface area contributed by atoms with Crippen molar-refractivity contribution in [1.29, 1.82) is 0 Å². The first-order valence-electron chi connectivity index (χ1n) is 8.22. The molecule has 0 saturated carbocycles. The van der Waals surface area contributed by atoms with E-state index in [2.05, 4.69) is 5.32 Å². The molecule has 1 aromatic carbocycles. The van der Waals surface area contributed by atoms with E-state index >= 15 is 0 Å². The van der Waals surface area contributed by atoms with Gasteiger partial charge in [0.25, 0.3) is 5.91 Å². The number of nitrogens with zero attached hydrogens (tertiary/aromatic N) is 1. The predicted octanol–water partition coefficient (Wildman–Crippen LogP) is 3.81. The number of carbonyl (C=O) groups excluding carboxylic acids is 1. The summed E-state index contributed by atoms with van der Waals surface area (Å²) in [6, 6.07) is 4.75. The van der Waals surface area contributed by atoms with Crippen molar-refractivity contribution in [3.8, 4) is 0 Å². The minimum absolute atomic E-state index is 0.108. The Balaban J connectivity index is 1.73. The number of rotatable bonds is 4. The number of amides is 1. The Hall–Kier alpha value is -1.46. The van der Waals surface area contributed by atoms with Crippen LogP contribution in [0.3, 0.4) is 0 Å². The van der Waals surface area contributed by atoms with Crippen LogP contribution in [0.5, 0.6) is 0 Å². The number of fused-ring (bicyclic) bond motifs is 1. The van der Waals surface area contributed by atoms with E-state index in [4.69, 9.17) is 0 Å². The molecule has 1 saturated heterocycles. The summed E-state index contributed by atoms with van der Waals surface area (Å²) in [5.41, 5.74) is 0.909. The average molecular weight is 334 g/mol.